The van der Waals surface area contributed by atoms with Gasteiger partial charge in [-0.3, -0.25) is 15.1 Å². The van der Waals surface area contributed by atoms with Crippen molar-refractivity contribution in [2.24, 2.45) is 16.8 Å². The highest BCUT2D eigenvalue weighted by Crippen LogP contribution is 2.39. The Labute approximate surface area is 90.5 Å². The number of nitrogens with zero attached hydrogens (tertiary/aromatic N) is 1. The van der Waals surface area contributed by atoms with Crippen molar-refractivity contribution in [3.8, 4) is 0 Å². The van der Waals surface area contributed by atoms with Crippen LogP contribution >= 0.6 is 0 Å². The summed E-state index contributed by atoms with van der Waals surface area (Å²) in [5.74, 6) is 1.68. The van der Waals surface area contributed by atoms with Crippen LogP contribution in [0.2, 0.25) is 0 Å². The number of hydrogen-bond acceptors (Lipinski definition) is 2. The van der Waals surface area contributed by atoms with Crippen LogP contribution in [0.3, 0.4) is 0 Å². The van der Waals surface area contributed by atoms with Gasteiger partial charge in [0.05, 0.1) is 0 Å². The summed E-state index contributed by atoms with van der Waals surface area (Å²) < 4.78 is 0. The van der Waals surface area contributed by atoms with Crippen molar-refractivity contribution in [2.75, 3.05) is 7.05 Å². The number of carbonyl (C=O) groups excluding carboxylic acids is 1. The fraction of sp³-hybridized carbons (Fsp3) is 0.818. The standard InChI is InChI=1S/C11H19N3O/c1-7-5-4-6-11(8(7)2)9(15)13-10(12-3)14-11/h7-8H,4-6H2,1-3H3,(H2,12,13,14,15). The fourth-order valence-electron chi connectivity index (χ4n) is 2.79. The van der Waals surface area contributed by atoms with Gasteiger partial charge in [0.2, 0.25) is 0 Å². The van der Waals surface area contributed by atoms with Crippen molar-refractivity contribution < 1.29 is 4.79 Å². The van der Waals surface area contributed by atoms with Gasteiger partial charge >= 0.3 is 0 Å². The molecule has 0 aromatic carbocycles. The topological polar surface area (TPSA) is 53.5 Å². The van der Waals surface area contributed by atoms with E-state index in [1.807, 2.05) is 0 Å². The van der Waals surface area contributed by atoms with Gasteiger partial charge in [0, 0.05) is 7.05 Å². The Kier molecular flexibility index (Phi) is 2.44. The monoisotopic (exact) mass is 209 g/mol. The van der Waals surface area contributed by atoms with Gasteiger partial charge in [-0.25, -0.2) is 0 Å². The molecule has 4 heteroatoms. The molecule has 2 rings (SSSR count). The number of rotatable bonds is 0. The Morgan fingerprint density at radius 1 is 1.47 bits per heavy atom. The number of hydrogen-bond donors (Lipinski definition) is 2. The van der Waals surface area contributed by atoms with E-state index in [0.717, 1.165) is 12.8 Å². The van der Waals surface area contributed by atoms with Crippen molar-refractivity contribution in [1.29, 1.82) is 0 Å². The third-order valence-electron chi connectivity index (χ3n) is 4.06. The second-order valence-electron chi connectivity index (χ2n) is 4.78. The van der Waals surface area contributed by atoms with Crippen LogP contribution in [0.25, 0.3) is 0 Å². The van der Waals surface area contributed by atoms with E-state index in [-0.39, 0.29) is 5.91 Å². The lowest BCUT2D eigenvalue weighted by molar-refractivity contribution is -0.127. The minimum Gasteiger partial charge on any atom is -0.341 e. The van der Waals surface area contributed by atoms with Crippen LogP contribution in [0.1, 0.15) is 33.1 Å². The summed E-state index contributed by atoms with van der Waals surface area (Å²) in [6.07, 6.45) is 3.25. The maximum absolute atomic E-state index is 12.0. The van der Waals surface area contributed by atoms with Gasteiger partial charge in [-0.15, -0.1) is 0 Å². The quantitative estimate of drug-likeness (QED) is 0.622. The summed E-state index contributed by atoms with van der Waals surface area (Å²) in [6.45, 7) is 4.39. The molecule has 2 aliphatic rings. The third kappa shape index (κ3) is 1.43. The molecule has 1 saturated heterocycles. The molecule has 2 fully saturated rings. The molecule has 1 saturated carbocycles. The molecule has 2 N–H and O–H groups in total. The Balaban J connectivity index is 2.29. The minimum atomic E-state index is -0.396. The largest absolute Gasteiger partial charge is 0.341 e. The van der Waals surface area contributed by atoms with Gasteiger partial charge in [-0.1, -0.05) is 26.7 Å². The van der Waals surface area contributed by atoms with E-state index >= 15 is 0 Å². The van der Waals surface area contributed by atoms with Gasteiger partial charge in [-0.2, -0.15) is 0 Å². The Bertz CT molecular complexity index is 313. The van der Waals surface area contributed by atoms with Crippen molar-refractivity contribution in [2.45, 2.75) is 38.6 Å². The highest BCUT2D eigenvalue weighted by atomic mass is 16.2. The predicted molar refractivity (Wildman–Crippen MR) is 59.5 cm³/mol. The zero-order valence-electron chi connectivity index (χ0n) is 9.63. The molecule has 1 aliphatic carbocycles. The second kappa shape index (κ2) is 3.51. The van der Waals surface area contributed by atoms with Crippen molar-refractivity contribution in [3.63, 3.8) is 0 Å². The first-order chi connectivity index (χ1) is 7.10. The average Bonchev–Trinajstić information content (AvgIpc) is 2.53. The molecular formula is C11H19N3O. The van der Waals surface area contributed by atoms with Crippen LogP contribution in [-0.4, -0.2) is 24.5 Å². The minimum absolute atomic E-state index is 0.0992. The highest BCUT2D eigenvalue weighted by Gasteiger charge is 2.51. The first-order valence-electron chi connectivity index (χ1n) is 5.66. The van der Waals surface area contributed by atoms with Gasteiger partial charge in [0.15, 0.2) is 5.96 Å². The molecule has 1 spiro atoms. The van der Waals surface area contributed by atoms with Crippen molar-refractivity contribution in [3.05, 3.63) is 0 Å². The van der Waals surface area contributed by atoms with Crippen LogP contribution in [0.5, 0.6) is 0 Å². The van der Waals surface area contributed by atoms with E-state index in [1.54, 1.807) is 7.05 Å². The lowest BCUT2D eigenvalue weighted by Gasteiger charge is -2.40. The van der Waals surface area contributed by atoms with Gasteiger partial charge < -0.3 is 5.32 Å². The van der Waals surface area contributed by atoms with E-state index in [4.69, 9.17) is 0 Å². The molecule has 3 unspecified atom stereocenters. The van der Waals surface area contributed by atoms with Crippen LogP contribution in [0.4, 0.5) is 0 Å². The van der Waals surface area contributed by atoms with Crippen molar-refractivity contribution in [1.82, 2.24) is 10.6 Å². The zero-order valence-corrected chi connectivity index (χ0v) is 9.63. The summed E-state index contributed by atoms with van der Waals surface area (Å²) in [4.78, 5) is 16.0. The lowest BCUT2D eigenvalue weighted by Crippen LogP contribution is -2.56. The summed E-state index contributed by atoms with van der Waals surface area (Å²) in [6, 6.07) is 0. The molecule has 84 valence electrons. The van der Waals surface area contributed by atoms with Crippen LogP contribution < -0.4 is 10.6 Å². The molecule has 1 heterocycles. The van der Waals surface area contributed by atoms with Crippen LogP contribution in [-0.2, 0) is 4.79 Å². The molecule has 3 atom stereocenters. The van der Waals surface area contributed by atoms with E-state index in [2.05, 4.69) is 29.5 Å². The summed E-state index contributed by atoms with van der Waals surface area (Å²) in [5, 5.41) is 6.09. The number of carbonyl (C=O) groups is 1. The van der Waals surface area contributed by atoms with Crippen LogP contribution in [0.15, 0.2) is 4.99 Å². The number of amides is 1. The van der Waals surface area contributed by atoms with Gasteiger partial charge in [0.1, 0.15) is 5.54 Å². The molecular weight excluding hydrogens is 190 g/mol. The lowest BCUT2D eigenvalue weighted by atomic mass is 9.68. The van der Waals surface area contributed by atoms with E-state index in [9.17, 15) is 4.79 Å². The van der Waals surface area contributed by atoms with Crippen molar-refractivity contribution >= 4 is 11.9 Å². The normalized spacial score (nSPS) is 43.1. The van der Waals surface area contributed by atoms with Gasteiger partial charge in [0.25, 0.3) is 5.91 Å². The molecule has 0 radical (unpaired) electrons. The molecule has 1 amide bonds. The van der Waals surface area contributed by atoms with E-state index in [0.29, 0.717) is 17.8 Å². The highest BCUT2D eigenvalue weighted by molar-refractivity contribution is 6.09. The van der Waals surface area contributed by atoms with E-state index < -0.39 is 5.54 Å². The number of aliphatic imine (C=N–C) groups is 1. The molecule has 0 aromatic rings. The van der Waals surface area contributed by atoms with Crippen LogP contribution in [0, 0.1) is 11.8 Å². The van der Waals surface area contributed by atoms with E-state index in [1.165, 1.54) is 6.42 Å². The zero-order chi connectivity index (χ0) is 11.1. The summed E-state index contributed by atoms with van der Waals surface area (Å²) >= 11 is 0. The third-order valence-corrected chi connectivity index (χ3v) is 4.06. The SMILES string of the molecule is CN=C1NC(=O)C2(CCCC(C)C2C)N1. The smallest absolute Gasteiger partial charge is 0.252 e. The Morgan fingerprint density at radius 2 is 2.20 bits per heavy atom. The molecule has 4 nitrogen and oxygen atoms in total. The first-order valence-corrected chi connectivity index (χ1v) is 5.66. The maximum atomic E-state index is 12.0. The predicted octanol–water partition coefficient (Wildman–Crippen LogP) is 0.886. The average molecular weight is 209 g/mol. The number of nitrogens with one attached hydrogen (secondary N) is 2. The Hall–Kier alpha value is -1.06. The molecule has 0 bridgehead atoms. The second-order valence-corrected chi connectivity index (χ2v) is 4.78. The summed E-state index contributed by atoms with van der Waals surface area (Å²) in [5.41, 5.74) is -0.396. The molecule has 1 aliphatic heterocycles. The molecule has 15 heavy (non-hydrogen) atoms. The first kappa shape index (κ1) is 10.5. The van der Waals surface area contributed by atoms with Gasteiger partial charge in [-0.05, 0) is 18.3 Å². The molecule has 0 aromatic heterocycles. The summed E-state index contributed by atoms with van der Waals surface area (Å²) in [7, 11) is 1.69. The Morgan fingerprint density at radius 3 is 2.80 bits per heavy atom. The fourth-order valence-corrected chi connectivity index (χ4v) is 2.79. The number of guanidine groups is 1. The maximum Gasteiger partial charge on any atom is 0.252 e.